The minimum Gasteiger partial charge on any atom is -0.491 e. The standard InChI is InChI=1S/C17H25FN2O/c1-3-21-17-7-4-12(8-16(17)18)11-20(2)15-9-13-5-6-14(10-15)19-13/h4,7-8,13-15,19H,3,5-6,9-11H2,1-2H3. The van der Waals surface area contributed by atoms with Gasteiger partial charge in [0.25, 0.3) is 0 Å². The second-order valence-corrected chi connectivity index (χ2v) is 6.38. The summed E-state index contributed by atoms with van der Waals surface area (Å²) in [6, 6.07) is 7.31. The summed E-state index contributed by atoms with van der Waals surface area (Å²) in [6.07, 6.45) is 5.05. The smallest absolute Gasteiger partial charge is 0.165 e. The van der Waals surface area contributed by atoms with Gasteiger partial charge in [-0.1, -0.05) is 6.07 Å². The van der Waals surface area contributed by atoms with Crippen LogP contribution in [0.4, 0.5) is 4.39 Å². The van der Waals surface area contributed by atoms with Crippen LogP contribution >= 0.6 is 0 Å². The first-order chi connectivity index (χ1) is 10.2. The summed E-state index contributed by atoms with van der Waals surface area (Å²) in [6.45, 7) is 3.16. The molecule has 1 aromatic rings. The number of fused-ring (bicyclic) bond motifs is 2. The van der Waals surface area contributed by atoms with Crippen LogP contribution in [0.1, 0.15) is 38.2 Å². The van der Waals surface area contributed by atoms with Crippen LogP contribution in [0.2, 0.25) is 0 Å². The number of piperidine rings is 1. The van der Waals surface area contributed by atoms with Crippen molar-refractivity contribution in [2.75, 3.05) is 13.7 Å². The van der Waals surface area contributed by atoms with Crippen molar-refractivity contribution >= 4 is 0 Å². The molecule has 0 spiro atoms. The van der Waals surface area contributed by atoms with Gasteiger partial charge in [0.15, 0.2) is 11.6 Å². The first-order valence-corrected chi connectivity index (χ1v) is 8.03. The fourth-order valence-electron chi connectivity index (χ4n) is 3.72. The van der Waals surface area contributed by atoms with E-state index in [0.717, 1.165) is 12.1 Å². The van der Waals surface area contributed by atoms with Crippen LogP contribution < -0.4 is 10.1 Å². The highest BCUT2D eigenvalue weighted by atomic mass is 19.1. The Morgan fingerprint density at radius 3 is 2.62 bits per heavy atom. The van der Waals surface area contributed by atoms with Crippen LogP contribution in [0.3, 0.4) is 0 Å². The molecule has 0 saturated carbocycles. The molecule has 2 atom stereocenters. The summed E-state index contributed by atoms with van der Waals surface area (Å²) in [4.78, 5) is 2.38. The SMILES string of the molecule is CCOc1ccc(CN(C)C2CC3CCC(C2)N3)cc1F. The topological polar surface area (TPSA) is 24.5 Å². The van der Waals surface area contributed by atoms with Gasteiger partial charge in [-0.3, -0.25) is 4.90 Å². The molecule has 2 saturated heterocycles. The fraction of sp³-hybridized carbons (Fsp3) is 0.647. The van der Waals surface area contributed by atoms with Crippen LogP contribution in [-0.4, -0.2) is 36.7 Å². The molecule has 0 amide bonds. The van der Waals surface area contributed by atoms with Crippen LogP contribution in [0.25, 0.3) is 0 Å². The van der Waals surface area contributed by atoms with Crippen molar-refractivity contribution in [3.05, 3.63) is 29.6 Å². The van der Waals surface area contributed by atoms with Crippen molar-refractivity contribution in [1.82, 2.24) is 10.2 Å². The molecule has 21 heavy (non-hydrogen) atoms. The zero-order chi connectivity index (χ0) is 14.8. The number of ether oxygens (including phenoxy) is 1. The highest BCUT2D eigenvalue weighted by Crippen LogP contribution is 2.30. The lowest BCUT2D eigenvalue weighted by Crippen LogP contribution is -2.46. The zero-order valence-electron chi connectivity index (χ0n) is 12.9. The van der Waals surface area contributed by atoms with Gasteiger partial charge < -0.3 is 10.1 Å². The van der Waals surface area contributed by atoms with E-state index in [4.69, 9.17) is 4.74 Å². The summed E-state index contributed by atoms with van der Waals surface area (Å²) in [5.41, 5.74) is 1.02. The first-order valence-electron chi connectivity index (χ1n) is 8.03. The molecule has 4 heteroatoms. The lowest BCUT2D eigenvalue weighted by Gasteiger charge is -2.35. The molecule has 1 N–H and O–H groups in total. The third-order valence-electron chi connectivity index (χ3n) is 4.80. The van der Waals surface area contributed by atoms with Crippen molar-refractivity contribution in [2.45, 2.75) is 57.3 Å². The minimum absolute atomic E-state index is 0.256. The normalized spacial score (nSPS) is 28.1. The van der Waals surface area contributed by atoms with Crippen LogP contribution in [-0.2, 0) is 6.54 Å². The van der Waals surface area contributed by atoms with E-state index in [2.05, 4.69) is 17.3 Å². The van der Waals surface area contributed by atoms with Crippen molar-refractivity contribution in [3.8, 4) is 5.75 Å². The second-order valence-electron chi connectivity index (χ2n) is 6.38. The Labute approximate surface area is 126 Å². The molecule has 0 radical (unpaired) electrons. The molecule has 2 unspecified atom stereocenters. The number of halogens is 1. The first kappa shape index (κ1) is 14.8. The lowest BCUT2D eigenvalue weighted by molar-refractivity contribution is 0.165. The third-order valence-corrected chi connectivity index (χ3v) is 4.80. The Hall–Kier alpha value is -1.13. The van der Waals surface area contributed by atoms with Crippen LogP contribution in [0.5, 0.6) is 5.75 Å². The zero-order valence-corrected chi connectivity index (χ0v) is 12.9. The van der Waals surface area contributed by atoms with E-state index >= 15 is 0 Å². The maximum atomic E-state index is 13.9. The Kier molecular flexibility index (Phi) is 4.45. The maximum Gasteiger partial charge on any atom is 0.165 e. The van der Waals surface area contributed by atoms with E-state index in [1.165, 1.54) is 25.7 Å². The van der Waals surface area contributed by atoms with Gasteiger partial charge in [-0.2, -0.15) is 0 Å². The van der Waals surface area contributed by atoms with E-state index in [1.807, 2.05) is 13.0 Å². The van der Waals surface area contributed by atoms with Crippen molar-refractivity contribution in [3.63, 3.8) is 0 Å². The van der Waals surface area contributed by atoms with Gasteiger partial charge in [0.2, 0.25) is 0 Å². The predicted octanol–water partition coefficient (Wildman–Crippen LogP) is 2.94. The van der Waals surface area contributed by atoms with E-state index in [9.17, 15) is 4.39 Å². The minimum atomic E-state index is -0.256. The van der Waals surface area contributed by atoms with E-state index in [-0.39, 0.29) is 5.82 Å². The molecular weight excluding hydrogens is 267 g/mol. The lowest BCUT2D eigenvalue weighted by atomic mass is 9.98. The average Bonchev–Trinajstić information content (AvgIpc) is 2.80. The third kappa shape index (κ3) is 3.38. The van der Waals surface area contributed by atoms with Crippen molar-refractivity contribution < 1.29 is 9.13 Å². The highest BCUT2D eigenvalue weighted by Gasteiger charge is 2.34. The van der Waals surface area contributed by atoms with Gasteiger partial charge in [-0.15, -0.1) is 0 Å². The molecule has 3 rings (SSSR count). The Morgan fingerprint density at radius 2 is 2.00 bits per heavy atom. The number of nitrogens with zero attached hydrogens (tertiary/aromatic N) is 1. The van der Waals surface area contributed by atoms with Gasteiger partial charge in [0.1, 0.15) is 0 Å². The number of nitrogens with one attached hydrogen (secondary N) is 1. The summed E-state index contributed by atoms with van der Waals surface area (Å²) < 4.78 is 19.2. The van der Waals surface area contributed by atoms with Gasteiger partial charge in [-0.05, 0) is 57.4 Å². The van der Waals surface area contributed by atoms with Crippen molar-refractivity contribution in [1.29, 1.82) is 0 Å². The summed E-state index contributed by atoms with van der Waals surface area (Å²) >= 11 is 0. The highest BCUT2D eigenvalue weighted by molar-refractivity contribution is 5.29. The molecule has 2 heterocycles. The van der Waals surface area contributed by atoms with Gasteiger partial charge in [0, 0.05) is 24.7 Å². The molecule has 1 aromatic carbocycles. The van der Waals surface area contributed by atoms with E-state index in [1.54, 1.807) is 12.1 Å². The Balaban J connectivity index is 1.62. The number of rotatable bonds is 5. The monoisotopic (exact) mass is 292 g/mol. The molecule has 3 nitrogen and oxygen atoms in total. The second kappa shape index (κ2) is 6.32. The van der Waals surface area contributed by atoms with E-state index < -0.39 is 0 Å². The number of hydrogen-bond donors (Lipinski definition) is 1. The number of benzene rings is 1. The molecule has 0 aromatic heterocycles. The maximum absolute atomic E-state index is 13.9. The Morgan fingerprint density at radius 1 is 1.29 bits per heavy atom. The molecule has 0 aliphatic carbocycles. The quantitative estimate of drug-likeness (QED) is 0.903. The summed E-state index contributed by atoms with van der Waals surface area (Å²) in [5.74, 6) is 0.0944. The average molecular weight is 292 g/mol. The Bertz CT molecular complexity index is 482. The molecule has 2 bridgehead atoms. The van der Waals surface area contributed by atoms with Gasteiger partial charge in [0.05, 0.1) is 6.61 Å². The van der Waals surface area contributed by atoms with E-state index in [0.29, 0.717) is 30.5 Å². The van der Waals surface area contributed by atoms with Gasteiger partial charge >= 0.3 is 0 Å². The summed E-state index contributed by atoms with van der Waals surface area (Å²) in [5, 5.41) is 3.67. The fourth-order valence-corrected chi connectivity index (χ4v) is 3.72. The molecule has 2 aliphatic heterocycles. The van der Waals surface area contributed by atoms with Crippen molar-refractivity contribution in [2.24, 2.45) is 0 Å². The summed E-state index contributed by atoms with van der Waals surface area (Å²) in [7, 11) is 2.16. The van der Waals surface area contributed by atoms with Gasteiger partial charge in [-0.25, -0.2) is 4.39 Å². The molecule has 2 aliphatic rings. The molecular formula is C17H25FN2O. The largest absolute Gasteiger partial charge is 0.491 e. The van der Waals surface area contributed by atoms with Crippen LogP contribution in [0, 0.1) is 5.82 Å². The molecule has 2 fully saturated rings. The predicted molar refractivity (Wildman–Crippen MR) is 82.0 cm³/mol. The number of hydrogen-bond acceptors (Lipinski definition) is 3. The molecule has 116 valence electrons. The van der Waals surface area contributed by atoms with Crippen LogP contribution in [0.15, 0.2) is 18.2 Å².